The lowest BCUT2D eigenvalue weighted by Gasteiger charge is -2.20. The van der Waals surface area contributed by atoms with Gasteiger partial charge in [0.05, 0.1) is 0 Å². The van der Waals surface area contributed by atoms with Gasteiger partial charge in [0.2, 0.25) is 0 Å². The molecule has 0 saturated heterocycles. The molecule has 0 aromatic carbocycles. The lowest BCUT2D eigenvalue weighted by atomic mass is 10.6. The van der Waals surface area contributed by atoms with E-state index in [1.54, 1.807) is 0 Å². The van der Waals surface area contributed by atoms with Crippen LogP contribution in [0.1, 0.15) is 13.3 Å². The Morgan fingerprint density at radius 1 is 1.50 bits per heavy atom. The standard InChI is InChI=1S/C7H19OSi2/c1-5-7-9-8-10(3,4)6-2/h1,5-7,9H2,2-4H3. The predicted octanol–water partition coefficient (Wildman–Crippen LogP) is 1.95. The van der Waals surface area contributed by atoms with Crippen LogP contribution in [-0.2, 0) is 4.12 Å². The molecular weight excluding hydrogens is 156 g/mol. The Bertz CT molecular complexity index is 83.7. The van der Waals surface area contributed by atoms with Crippen LogP contribution in [0, 0.1) is 6.92 Å². The first kappa shape index (κ1) is 10.4. The Balaban J connectivity index is 3.28. The molecule has 0 aliphatic carbocycles. The molecule has 0 aromatic heterocycles. The van der Waals surface area contributed by atoms with Gasteiger partial charge in [0.1, 0.15) is 9.76 Å². The van der Waals surface area contributed by atoms with Gasteiger partial charge in [0.25, 0.3) is 0 Å². The van der Waals surface area contributed by atoms with Crippen LogP contribution in [0.15, 0.2) is 0 Å². The number of hydrogen-bond acceptors (Lipinski definition) is 1. The zero-order valence-corrected chi connectivity index (χ0v) is 9.86. The van der Waals surface area contributed by atoms with E-state index in [-0.39, 0.29) is 9.76 Å². The van der Waals surface area contributed by atoms with E-state index in [1.165, 1.54) is 12.1 Å². The first-order chi connectivity index (χ1) is 4.62. The summed E-state index contributed by atoms with van der Waals surface area (Å²) in [5, 5.41) is 0. The van der Waals surface area contributed by atoms with Gasteiger partial charge in [-0.25, -0.2) is 0 Å². The van der Waals surface area contributed by atoms with Crippen molar-refractivity contribution in [2.75, 3.05) is 0 Å². The van der Waals surface area contributed by atoms with Crippen molar-refractivity contribution in [3.05, 3.63) is 6.92 Å². The van der Waals surface area contributed by atoms with Crippen LogP contribution in [0.3, 0.4) is 0 Å². The summed E-state index contributed by atoms with van der Waals surface area (Å²) in [6.45, 7) is 10.6. The van der Waals surface area contributed by atoms with Gasteiger partial charge in [-0.1, -0.05) is 20.3 Å². The average Bonchev–Trinajstić information content (AvgIpc) is 1.89. The van der Waals surface area contributed by atoms with Crippen molar-refractivity contribution in [1.82, 2.24) is 0 Å². The number of hydrogen-bond donors (Lipinski definition) is 0. The van der Waals surface area contributed by atoms with Crippen LogP contribution in [0.25, 0.3) is 0 Å². The molecule has 0 amide bonds. The van der Waals surface area contributed by atoms with E-state index in [4.69, 9.17) is 4.12 Å². The Labute approximate surface area is 68.2 Å². The summed E-state index contributed by atoms with van der Waals surface area (Å²) in [6.07, 6.45) is 1.06. The molecule has 1 nitrogen and oxygen atoms in total. The molecule has 3 heteroatoms. The van der Waals surface area contributed by atoms with E-state index in [1.807, 2.05) is 0 Å². The van der Waals surface area contributed by atoms with Crippen molar-refractivity contribution in [3.63, 3.8) is 0 Å². The lowest BCUT2D eigenvalue weighted by Crippen LogP contribution is -2.30. The third-order valence-corrected chi connectivity index (χ3v) is 8.17. The molecule has 0 unspecified atom stereocenters. The van der Waals surface area contributed by atoms with E-state index in [0.29, 0.717) is 0 Å². The van der Waals surface area contributed by atoms with Gasteiger partial charge < -0.3 is 4.12 Å². The topological polar surface area (TPSA) is 9.23 Å². The zero-order chi connectivity index (χ0) is 8.04. The van der Waals surface area contributed by atoms with Crippen molar-refractivity contribution in [1.29, 1.82) is 0 Å². The van der Waals surface area contributed by atoms with Crippen molar-refractivity contribution >= 4 is 18.1 Å². The Kier molecular flexibility index (Phi) is 5.30. The van der Waals surface area contributed by atoms with Crippen molar-refractivity contribution in [3.8, 4) is 0 Å². The number of rotatable bonds is 5. The van der Waals surface area contributed by atoms with Crippen LogP contribution < -0.4 is 0 Å². The van der Waals surface area contributed by atoms with Gasteiger partial charge in [-0.2, -0.15) is 0 Å². The van der Waals surface area contributed by atoms with Crippen molar-refractivity contribution in [2.24, 2.45) is 0 Å². The molecule has 1 radical (unpaired) electrons. The largest absolute Gasteiger partial charge is 0.460 e. The molecule has 61 valence electrons. The van der Waals surface area contributed by atoms with Crippen LogP contribution >= 0.6 is 0 Å². The molecule has 0 N–H and O–H groups in total. The van der Waals surface area contributed by atoms with Gasteiger partial charge in [-0.15, -0.1) is 0 Å². The molecule has 0 atom stereocenters. The van der Waals surface area contributed by atoms with Crippen LogP contribution in [0.5, 0.6) is 0 Å². The lowest BCUT2D eigenvalue weighted by molar-refractivity contribution is 0.585. The van der Waals surface area contributed by atoms with Gasteiger partial charge in [0.15, 0.2) is 8.32 Å². The van der Waals surface area contributed by atoms with Crippen LogP contribution in [-0.4, -0.2) is 18.1 Å². The third-order valence-electron chi connectivity index (χ3n) is 1.74. The highest BCUT2D eigenvalue weighted by molar-refractivity contribution is 6.75. The summed E-state index contributed by atoms with van der Waals surface area (Å²) in [7, 11) is -1.39. The second-order valence-corrected chi connectivity index (χ2v) is 9.67. The Morgan fingerprint density at radius 3 is 2.50 bits per heavy atom. The Hall–Kier alpha value is 0.394. The molecule has 0 bridgehead atoms. The molecule has 0 rings (SSSR count). The molecule has 0 aromatic rings. The smallest absolute Gasteiger partial charge is 0.172 e. The normalized spacial score (nSPS) is 13.2. The molecule has 0 heterocycles. The molecular formula is C7H19OSi2. The first-order valence-corrected chi connectivity index (χ1v) is 8.75. The van der Waals surface area contributed by atoms with E-state index >= 15 is 0 Å². The van der Waals surface area contributed by atoms with Gasteiger partial charge in [0, 0.05) is 0 Å². The summed E-state index contributed by atoms with van der Waals surface area (Å²) in [5.41, 5.74) is 0. The fourth-order valence-corrected chi connectivity index (χ4v) is 4.36. The fraction of sp³-hybridized carbons (Fsp3) is 0.857. The minimum absolute atomic E-state index is 0.205. The summed E-state index contributed by atoms with van der Waals surface area (Å²) in [4.78, 5) is 0. The molecule has 0 fully saturated rings. The summed E-state index contributed by atoms with van der Waals surface area (Å²) >= 11 is 0. The van der Waals surface area contributed by atoms with Gasteiger partial charge in [-0.3, -0.25) is 0 Å². The van der Waals surface area contributed by atoms with Crippen LogP contribution in [0.4, 0.5) is 0 Å². The highest BCUT2D eigenvalue weighted by Crippen LogP contribution is 2.09. The first-order valence-electron chi connectivity index (χ1n) is 4.05. The van der Waals surface area contributed by atoms with E-state index < -0.39 is 8.32 Å². The van der Waals surface area contributed by atoms with Gasteiger partial charge in [-0.05, 0) is 25.2 Å². The van der Waals surface area contributed by atoms with E-state index in [0.717, 1.165) is 6.42 Å². The molecule has 0 aliphatic heterocycles. The highest BCUT2D eigenvalue weighted by Gasteiger charge is 2.17. The van der Waals surface area contributed by atoms with Gasteiger partial charge >= 0.3 is 0 Å². The maximum Gasteiger partial charge on any atom is 0.172 e. The minimum atomic E-state index is -1.18. The minimum Gasteiger partial charge on any atom is -0.460 e. The van der Waals surface area contributed by atoms with Crippen molar-refractivity contribution < 1.29 is 4.12 Å². The maximum atomic E-state index is 5.86. The van der Waals surface area contributed by atoms with Crippen molar-refractivity contribution in [2.45, 2.75) is 38.5 Å². The fourth-order valence-electron chi connectivity index (χ4n) is 0.553. The molecule has 10 heavy (non-hydrogen) atoms. The molecule has 0 saturated carbocycles. The molecule has 0 spiro atoms. The predicted molar refractivity (Wildman–Crippen MR) is 52.4 cm³/mol. The Morgan fingerprint density at radius 2 is 2.10 bits per heavy atom. The summed E-state index contributed by atoms with van der Waals surface area (Å²) < 4.78 is 5.86. The van der Waals surface area contributed by atoms with Crippen LogP contribution in [0.2, 0.25) is 25.2 Å². The second kappa shape index (κ2) is 5.10. The highest BCUT2D eigenvalue weighted by atomic mass is 28.4. The van der Waals surface area contributed by atoms with E-state index in [9.17, 15) is 0 Å². The second-order valence-electron chi connectivity index (χ2n) is 3.17. The molecule has 0 aliphatic rings. The summed E-state index contributed by atoms with van der Waals surface area (Å²) in [6, 6.07) is 2.49. The average molecular weight is 175 g/mol. The third kappa shape index (κ3) is 5.20. The quantitative estimate of drug-likeness (QED) is 0.458. The SMILES string of the molecule is [CH2]CC[SiH2]O[Si](C)(C)CC. The summed E-state index contributed by atoms with van der Waals surface area (Å²) in [5.74, 6) is 0. The van der Waals surface area contributed by atoms with E-state index in [2.05, 4.69) is 26.9 Å². The maximum absolute atomic E-state index is 5.86. The zero-order valence-electron chi connectivity index (χ0n) is 7.44. The monoisotopic (exact) mass is 175 g/mol.